The maximum absolute atomic E-state index is 13.4. The van der Waals surface area contributed by atoms with Gasteiger partial charge >= 0.3 is 12.2 Å². The molecular formula is C27H30FN3O5S. The standard InChI is InChI=1S/C27H30FN3O5S/c1-27(2,3)36-26(34)31-15-22(32)24(35-25(33)30-13-18-5-4-6-20(28)11-18)21(31)12-17-7-9-19(10-8-17)23-14-29-16-37-23/h4-11,14,16,21-22,24,32H,12-13,15H2,1-3H3,(H,30,33)/t21-,22+,24+/m1/s1. The lowest BCUT2D eigenvalue weighted by Crippen LogP contribution is -2.46. The Morgan fingerprint density at radius 3 is 2.59 bits per heavy atom. The predicted molar refractivity (Wildman–Crippen MR) is 137 cm³/mol. The SMILES string of the molecule is CC(C)(C)OC(=O)N1C[C@H](O)[C@@H](OC(=O)NCc2cccc(F)c2)[C@H]1Cc1ccc(-c2cncs2)cc1. The maximum Gasteiger partial charge on any atom is 0.410 e. The molecule has 0 unspecified atom stereocenters. The molecule has 8 nitrogen and oxygen atoms in total. The van der Waals surface area contributed by atoms with Gasteiger partial charge in [0, 0.05) is 12.7 Å². The highest BCUT2D eigenvalue weighted by atomic mass is 32.1. The van der Waals surface area contributed by atoms with Crippen molar-refractivity contribution in [1.29, 1.82) is 0 Å². The summed E-state index contributed by atoms with van der Waals surface area (Å²) in [6, 6.07) is 13.0. The molecule has 0 radical (unpaired) electrons. The number of β-amino-alcohol motifs (C(OH)–C–C–N with tert-alkyl or cyclic N) is 1. The molecule has 2 heterocycles. The zero-order valence-corrected chi connectivity index (χ0v) is 21.7. The molecule has 1 fully saturated rings. The third kappa shape index (κ3) is 7.05. The van der Waals surface area contributed by atoms with E-state index in [-0.39, 0.29) is 13.1 Å². The van der Waals surface area contributed by atoms with Crippen LogP contribution in [0.4, 0.5) is 14.0 Å². The van der Waals surface area contributed by atoms with Crippen molar-refractivity contribution in [2.45, 2.75) is 57.6 Å². The first-order valence-electron chi connectivity index (χ1n) is 11.9. The molecule has 3 atom stereocenters. The Hall–Kier alpha value is -3.50. The molecule has 1 aromatic heterocycles. The summed E-state index contributed by atoms with van der Waals surface area (Å²) in [5, 5.41) is 13.4. The topological polar surface area (TPSA) is 101 Å². The van der Waals surface area contributed by atoms with Crippen molar-refractivity contribution in [3.63, 3.8) is 0 Å². The van der Waals surface area contributed by atoms with Crippen LogP contribution in [0.1, 0.15) is 31.9 Å². The fraction of sp³-hybridized carbons (Fsp3) is 0.370. The quantitative estimate of drug-likeness (QED) is 0.479. The summed E-state index contributed by atoms with van der Waals surface area (Å²) in [6.45, 7) is 5.30. The molecule has 0 bridgehead atoms. The lowest BCUT2D eigenvalue weighted by molar-refractivity contribution is 0.00589. The molecule has 1 aliphatic heterocycles. The summed E-state index contributed by atoms with van der Waals surface area (Å²) in [5.41, 5.74) is 3.52. The second kappa shape index (κ2) is 11.3. The second-order valence-corrected chi connectivity index (χ2v) is 10.8. The molecule has 2 amide bonds. The highest BCUT2D eigenvalue weighted by Gasteiger charge is 2.47. The fourth-order valence-corrected chi connectivity index (χ4v) is 4.81. The van der Waals surface area contributed by atoms with Crippen molar-refractivity contribution in [3.05, 3.63) is 77.2 Å². The van der Waals surface area contributed by atoms with Crippen LogP contribution in [0.5, 0.6) is 0 Å². The van der Waals surface area contributed by atoms with Gasteiger partial charge in [-0.05, 0) is 56.0 Å². The molecule has 4 rings (SSSR count). The van der Waals surface area contributed by atoms with Gasteiger partial charge in [0.1, 0.15) is 17.5 Å². The zero-order valence-electron chi connectivity index (χ0n) is 20.9. The van der Waals surface area contributed by atoms with Crippen LogP contribution in [0.2, 0.25) is 0 Å². The van der Waals surface area contributed by atoms with Gasteiger partial charge < -0.3 is 19.9 Å². The van der Waals surface area contributed by atoms with Crippen molar-refractivity contribution in [2.24, 2.45) is 0 Å². The molecule has 0 aliphatic carbocycles. The molecule has 1 aliphatic rings. The van der Waals surface area contributed by atoms with Crippen LogP contribution < -0.4 is 5.32 Å². The van der Waals surface area contributed by atoms with Crippen molar-refractivity contribution < 1.29 is 28.6 Å². The normalized spacial score (nSPS) is 19.5. The van der Waals surface area contributed by atoms with Crippen molar-refractivity contribution >= 4 is 23.5 Å². The Morgan fingerprint density at radius 1 is 1.19 bits per heavy atom. The summed E-state index contributed by atoms with van der Waals surface area (Å²) in [6.07, 6.45) is -1.32. The van der Waals surface area contributed by atoms with E-state index in [0.29, 0.717) is 12.0 Å². The number of ether oxygens (including phenoxy) is 2. The van der Waals surface area contributed by atoms with Gasteiger partial charge in [-0.2, -0.15) is 0 Å². The van der Waals surface area contributed by atoms with Gasteiger partial charge in [0.25, 0.3) is 0 Å². The van der Waals surface area contributed by atoms with E-state index in [9.17, 15) is 19.1 Å². The van der Waals surface area contributed by atoms with Gasteiger partial charge in [0.05, 0.1) is 23.0 Å². The van der Waals surface area contributed by atoms with Crippen LogP contribution in [-0.4, -0.2) is 57.6 Å². The van der Waals surface area contributed by atoms with E-state index in [1.54, 1.807) is 44.6 Å². The molecular weight excluding hydrogens is 497 g/mol. The van der Waals surface area contributed by atoms with Crippen LogP contribution in [-0.2, 0) is 22.4 Å². The van der Waals surface area contributed by atoms with E-state index < -0.39 is 41.9 Å². The first-order chi connectivity index (χ1) is 17.6. The lowest BCUT2D eigenvalue weighted by Gasteiger charge is -2.30. The van der Waals surface area contributed by atoms with Crippen LogP contribution in [0.25, 0.3) is 10.4 Å². The van der Waals surface area contributed by atoms with Crippen molar-refractivity contribution in [2.75, 3.05) is 6.54 Å². The number of aliphatic hydroxyl groups excluding tert-OH is 1. The number of amides is 2. The minimum absolute atomic E-state index is 0.0413. The molecule has 0 spiro atoms. The lowest BCUT2D eigenvalue weighted by atomic mass is 10.00. The number of carbonyl (C=O) groups excluding carboxylic acids is 2. The number of alkyl carbamates (subject to hydrolysis) is 1. The van der Waals surface area contributed by atoms with Crippen LogP contribution in [0.15, 0.2) is 60.2 Å². The highest BCUT2D eigenvalue weighted by molar-refractivity contribution is 7.13. The number of nitrogens with one attached hydrogen (secondary N) is 1. The van der Waals surface area contributed by atoms with E-state index >= 15 is 0 Å². The van der Waals surface area contributed by atoms with Crippen LogP contribution in [0.3, 0.4) is 0 Å². The number of likely N-dealkylation sites (tertiary alicyclic amines) is 1. The summed E-state index contributed by atoms with van der Waals surface area (Å²) in [5.74, 6) is -0.409. The van der Waals surface area contributed by atoms with Gasteiger partial charge in [-0.3, -0.25) is 9.88 Å². The van der Waals surface area contributed by atoms with Gasteiger partial charge in [-0.25, -0.2) is 14.0 Å². The first kappa shape index (κ1) is 26.6. The number of benzene rings is 2. The predicted octanol–water partition coefficient (Wildman–Crippen LogP) is 4.77. The Bertz CT molecular complexity index is 1210. The third-order valence-corrected chi connectivity index (χ3v) is 6.68. The Kier molecular flexibility index (Phi) is 8.09. The van der Waals surface area contributed by atoms with E-state index in [2.05, 4.69) is 10.3 Å². The number of halogens is 1. The highest BCUT2D eigenvalue weighted by Crippen LogP contribution is 2.29. The Balaban J connectivity index is 1.49. The van der Waals surface area contributed by atoms with E-state index in [1.807, 2.05) is 24.3 Å². The first-order valence-corrected chi connectivity index (χ1v) is 12.8. The number of hydrogen-bond acceptors (Lipinski definition) is 7. The number of thiazole rings is 1. The number of hydrogen-bond donors (Lipinski definition) is 2. The molecule has 3 aromatic rings. The maximum atomic E-state index is 13.4. The number of aromatic nitrogens is 1. The molecule has 2 N–H and O–H groups in total. The van der Waals surface area contributed by atoms with Gasteiger partial charge in [0.2, 0.25) is 0 Å². The zero-order chi connectivity index (χ0) is 26.6. The molecule has 1 saturated heterocycles. The molecule has 37 heavy (non-hydrogen) atoms. The van der Waals surface area contributed by atoms with Gasteiger partial charge in [-0.15, -0.1) is 11.3 Å². The Morgan fingerprint density at radius 2 is 1.95 bits per heavy atom. The van der Waals surface area contributed by atoms with Crippen LogP contribution in [0, 0.1) is 5.82 Å². The van der Waals surface area contributed by atoms with E-state index in [1.165, 1.54) is 28.4 Å². The third-order valence-electron chi connectivity index (χ3n) is 5.86. The summed E-state index contributed by atoms with van der Waals surface area (Å²) >= 11 is 1.54. The smallest absolute Gasteiger partial charge is 0.410 e. The molecule has 0 saturated carbocycles. The number of rotatable bonds is 6. The monoisotopic (exact) mass is 527 g/mol. The van der Waals surface area contributed by atoms with Gasteiger partial charge in [-0.1, -0.05) is 36.4 Å². The van der Waals surface area contributed by atoms with E-state index in [0.717, 1.165) is 16.0 Å². The minimum atomic E-state index is -1.10. The average molecular weight is 528 g/mol. The molecule has 196 valence electrons. The van der Waals surface area contributed by atoms with E-state index in [4.69, 9.17) is 9.47 Å². The second-order valence-electron chi connectivity index (χ2n) is 9.89. The molecule has 10 heteroatoms. The van der Waals surface area contributed by atoms with Crippen LogP contribution >= 0.6 is 11.3 Å². The van der Waals surface area contributed by atoms with Gasteiger partial charge in [0.15, 0.2) is 6.10 Å². The molecule has 2 aromatic carbocycles. The average Bonchev–Trinajstić information content (AvgIpc) is 3.47. The summed E-state index contributed by atoms with van der Waals surface area (Å²) in [4.78, 5) is 32.1. The largest absolute Gasteiger partial charge is 0.444 e. The number of carbonyl (C=O) groups is 2. The Labute approximate surface area is 219 Å². The number of aliphatic hydroxyl groups is 1. The van der Waals surface area contributed by atoms with Crippen molar-refractivity contribution in [3.8, 4) is 10.4 Å². The number of nitrogens with zero attached hydrogens (tertiary/aromatic N) is 2. The summed E-state index contributed by atoms with van der Waals surface area (Å²) < 4.78 is 24.6. The van der Waals surface area contributed by atoms with Crippen molar-refractivity contribution in [1.82, 2.24) is 15.2 Å². The minimum Gasteiger partial charge on any atom is -0.444 e. The summed E-state index contributed by atoms with van der Waals surface area (Å²) in [7, 11) is 0. The fourth-order valence-electron chi connectivity index (χ4n) is 4.18.